The number of esters is 1. The second kappa shape index (κ2) is 10.8. The lowest BCUT2D eigenvalue weighted by Gasteiger charge is -2.29. The van der Waals surface area contributed by atoms with Crippen LogP contribution in [-0.4, -0.2) is 86.6 Å². The normalized spacial score (nSPS) is 16.4. The fraction of sp³-hybridized carbons (Fsp3) is 0.765. The summed E-state index contributed by atoms with van der Waals surface area (Å²) in [6.07, 6.45) is -0.507. The van der Waals surface area contributed by atoms with Crippen molar-refractivity contribution in [3.63, 3.8) is 0 Å². The van der Waals surface area contributed by atoms with Crippen LogP contribution < -0.4 is 16.2 Å². The highest BCUT2D eigenvalue weighted by molar-refractivity contribution is 6.02. The van der Waals surface area contributed by atoms with Gasteiger partial charge in [0, 0.05) is 19.4 Å². The maximum atomic E-state index is 11.8. The molecule has 1 aliphatic heterocycles. The Bertz CT molecular complexity index is 544. The van der Waals surface area contributed by atoms with Gasteiger partial charge in [0.05, 0.1) is 27.7 Å². The number of carbonyl (C=O) groups excluding carboxylic acids is 3. The average Bonchev–Trinajstić information content (AvgIpc) is 2.72. The number of likely N-dealkylation sites (N-methyl/N-ethyl adjacent to an activating group) is 2. The summed E-state index contributed by atoms with van der Waals surface area (Å²) in [5.41, 5.74) is 5.72. The molecule has 10 nitrogen and oxygen atoms in total. The predicted octanol–water partition coefficient (Wildman–Crippen LogP) is -1.90. The molecule has 2 atom stereocenters. The molecule has 4 N–H and O–H groups in total. The molecule has 0 aromatic rings. The van der Waals surface area contributed by atoms with Gasteiger partial charge in [-0.05, 0) is 12.3 Å². The Morgan fingerprint density at radius 1 is 1.37 bits per heavy atom. The number of guanidine groups is 1. The van der Waals surface area contributed by atoms with E-state index < -0.39 is 24.1 Å². The van der Waals surface area contributed by atoms with E-state index in [0.29, 0.717) is 24.0 Å². The van der Waals surface area contributed by atoms with Crippen molar-refractivity contribution in [2.24, 2.45) is 11.7 Å². The number of nitrogens with two attached hydrogens (primary N) is 1. The number of nitrogens with one attached hydrogen (secondary N) is 2. The molecule has 1 saturated heterocycles. The first-order chi connectivity index (χ1) is 12.2. The summed E-state index contributed by atoms with van der Waals surface area (Å²) in [4.78, 5) is 34.4. The molecule has 27 heavy (non-hydrogen) atoms. The van der Waals surface area contributed by atoms with Crippen LogP contribution in [0, 0.1) is 11.3 Å². The number of rotatable bonds is 8. The van der Waals surface area contributed by atoms with Gasteiger partial charge >= 0.3 is 5.97 Å². The number of carbonyl (C=O) groups is 3. The fourth-order valence-electron chi connectivity index (χ4n) is 2.36. The Balaban J connectivity index is 0.000000694. The zero-order chi connectivity index (χ0) is 21.4. The molecule has 0 spiro atoms. The molecule has 0 radical (unpaired) electrons. The van der Waals surface area contributed by atoms with Gasteiger partial charge < -0.3 is 29.8 Å². The number of aliphatic carboxylic acids is 1. The summed E-state index contributed by atoms with van der Waals surface area (Å²) in [6.45, 7) is 4.63. The van der Waals surface area contributed by atoms with E-state index in [9.17, 15) is 19.5 Å². The van der Waals surface area contributed by atoms with Crippen LogP contribution in [0.4, 0.5) is 0 Å². The lowest BCUT2D eigenvalue weighted by Crippen LogP contribution is -2.47. The summed E-state index contributed by atoms with van der Waals surface area (Å²) in [7, 11) is 7.37. The van der Waals surface area contributed by atoms with E-state index in [1.807, 2.05) is 35.0 Å². The average molecular weight is 387 g/mol. The number of hydrogen-bond acceptors (Lipinski definition) is 7. The van der Waals surface area contributed by atoms with E-state index in [1.54, 1.807) is 11.9 Å². The van der Waals surface area contributed by atoms with Crippen molar-refractivity contribution in [3.8, 4) is 0 Å². The number of carboxylic acid groups (broad SMARTS) is 1. The molecule has 0 bridgehead atoms. The van der Waals surface area contributed by atoms with Gasteiger partial charge in [-0.1, -0.05) is 13.8 Å². The van der Waals surface area contributed by atoms with Crippen molar-refractivity contribution in [1.82, 2.24) is 10.2 Å². The molecule has 0 aliphatic carbocycles. The number of hydrogen-bond donors (Lipinski definition) is 3. The molecule has 1 rings (SSSR count). The SMILES string of the molecule is CC(C)C[C@H](N)C(=O)OC(CC(=O)[O-])C[N+](C)(C)C.CN1CC(=O)NC1=N. The van der Waals surface area contributed by atoms with Crippen molar-refractivity contribution in [3.05, 3.63) is 0 Å². The lowest BCUT2D eigenvalue weighted by atomic mass is 10.0. The summed E-state index contributed by atoms with van der Waals surface area (Å²) in [6, 6.07) is -0.711. The smallest absolute Gasteiger partial charge is 0.323 e. The number of nitrogens with zero attached hydrogens (tertiary/aromatic N) is 2. The van der Waals surface area contributed by atoms with E-state index in [0.717, 1.165) is 0 Å². The van der Waals surface area contributed by atoms with Crippen LogP contribution >= 0.6 is 0 Å². The van der Waals surface area contributed by atoms with Crippen molar-refractivity contribution < 1.29 is 28.7 Å². The Morgan fingerprint density at radius 3 is 2.22 bits per heavy atom. The monoisotopic (exact) mass is 387 g/mol. The summed E-state index contributed by atoms with van der Waals surface area (Å²) >= 11 is 0. The maximum Gasteiger partial charge on any atom is 0.323 e. The Kier molecular flexibility index (Phi) is 9.95. The topological polar surface area (TPSA) is 149 Å². The molecule has 0 saturated carbocycles. The molecule has 156 valence electrons. The van der Waals surface area contributed by atoms with Crippen LogP contribution in [0.1, 0.15) is 26.7 Å². The van der Waals surface area contributed by atoms with Crippen LogP contribution in [0.15, 0.2) is 0 Å². The van der Waals surface area contributed by atoms with E-state index in [1.165, 1.54) is 0 Å². The summed E-state index contributed by atoms with van der Waals surface area (Å²) < 4.78 is 5.69. The molecule has 1 fully saturated rings. The third-order valence-electron chi connectivity index (χ3n) is 3.48. The first-order valence-electron chi connectivity index (χ1n) is 8.77. The number of ether oxygens (including phenoxy) is 1. The van der Waals surface area contributed by atoms with Crippen LogP contribution in [-0.2, 0) is 19.1 Å². The van der Waals surface area contributed by atoms with Gasteiger partial charge in [0.2, 0.25) is 5.91 Å². The largest absolute Gasteiger partial charge is 0.550 e. The Labute approximate surface area is 160 Å². The molecule has 1 amide bonds. The minimum absolute atomic E-state index is 0.0995. The van der Waals surface area contributed by atoms with Crippen LogP contribution in [0.25, 0.3) is 0 Å². The molecule has 1 aliphatic rings. The highest BCUT2D eigenvalue weighted by Crippen LogP contribution is 2.09. The minimum Gasteiger partial charge on any atom is -0.550 e. The van der Waals surface area contributed by atoms with Crippen molar-refractivity contribution in [2.45, 2.75) is 38.8 Å². The minimum atomic E-state index is -1.23. The van der Waals surface area contributed by atoms with E-state index in [2.05, 4.69) is 5.32 Å². The van der Waals surface area contributed by atoms with Crippen molar-refractivity contribution >= 4 is 23.8 Å². The second-order valence-corrected chi connectivity index (χ2v) is 8.10. The molecular formula is C17H33N5O5. The second-order valence-electron chi connectivity index (χ2n) is 8.10. The van der Waals surface area contributed by atoms with Gasteiger partial charge in [-0.2, -0.15) is 0 Å². The van der Waals surface area contributed by atoms with E-state index in [-0.39, 0.29) is 24.2 Å². The summed E-state index contributed by atoms with van der Waals surface area (Å²) in [5.74, 6) is -1.41. The zero-order valence-electron chi connectivity index (χ0n) is 17.1. The highest BCUT2D eigenvalue weighted by atomic mass is 16.5. The fourth-order valence-corrected chi connectivity index (χ4v) is 2.36. The van der Waals surface area contributed by atoms with Gasteiger partial charge in [-0.25, -0.2) is 0 Å². The van der Waals surface area contributed by atoms with E-state index in [4.69, 9.17) is 15.9 Å². The van der Waals surface area contributed by atoms with Crippen molar-refractivity contribution in [1.29, 1.82) is 5.41 Å². The molecule has 1 unspecified atom stereocenters. The maximum absolute atomic E-state index is 11.8. The number of quaternary nitrogens is 1. The van der Waals surface area contributed by atoms with Crippen LogP contribution in [0.5, 0.6) is 0 Å². The molecule has 0 aromatic carbocycles. The number of amides is 1. The van der Waals surface area contributed by atoms with Gasteiger partial charge in [-0.3, -0.25) is 20.3 Å². The van der Waals surface area contributed by atoms with Gasteiger partial charge in [0.25, 0.3) is 0 Å². The third kappa shape index (κ3) is 11.9. The Morgan fingerprint density at radius 2 is 1.93 bits per heavy atom. The van der Waals surface area contributed by atoms with Gasteiger partial charge in [0.15, 0.2) is 12.1 Å². The first kappa shape index (κ1) is 24.8. The van der Waals surface area contributed by atoms with E-state index >= 15 is 0 Å². The lowest BCUT2D eigenvalue weighted by molar-refractivity contribution is -0.873. The molecular weight excluding hydrogens is 354 g/mol. The molecule has 1 heterocycles. The molecule has 10 heteroatoms. The summed E-state index contributed by atoms with van der Waals surface area (Å²) in [5, 5.41) is 20.0. The third-order valence-corrected chi connectivity index (χ3v) is 3.48. The standard InChI is InChI=1S/C13H26N2O4.C4H7N3O/c1-9(2)6-11(14)13(18)19-10(7-12(16)17)8-15(3,4)5;1-7-2-3(8)6-4(7)5/h9-11H,6-8,14H2,1-5H3;2H2,1H3,(H2,5,6,8)/t10?,11-;/m0./s1. The van der Waals surface area contributed by atoms with Gasteiger partial charge in [-0.15, -0.1) is 0 Å². The quantitative estimate of drug-likeness (QED) is 0.325. The highest BCUT2D eigenvalue weighted by Gasteiger charge is 2.25. The molecule has 0 aromatic heterocycles. The van der Waals surface area contributed by atoms with Crippen LogP contribution in [0.3, 0.4) is 0 Å². The number of carboxylic acids is 1. The zero-order valence-corrected chi connectivity index (χ0v) is 17.1. The Hall–Kier alpha value is -2.20. The van der Waals surface area contributed by atoms with Crippen molar-refractivity contribution in [2.75, 3.05) is 41.3 Å². The van der Waals surface area contributed by atoms with Crippen LogP contribution in [0.2, 0.25) is 0 Å². The predicted molar refractivity (Wildman–Crippen MR) is 98.3 cm³/mol. The first-order valence-corrected chi connectivity index (χ1v) is 8.77. The van der Waals surface area contributed by atoms with Gasteiger partial charge in [0.1, 0.15) is 12.6 Å².